The molecule has 0 aromatic rings. The molecule has 0 aromatic carbocycles. The molecule has 1 rings (SSSR count). The Labute approximate surface area is 99.1 Å². The molecule has 0 saturated carbocycles. The summed E-state index contributed by atoms with van der Waals surface area (Å²) in [7, 11) is 0. The smallest absolute Gasteiger partial charge is 0.352 e. The number of carbonyl (C=O) groups is 1. The summed E-state index contributed by atoms with van der Waals surface area (Å²) in [5.74, 6) is 0.109. The highest BCUT2D eigenvalue weighted by Crippen LogP contribution is 2.21. The normalized spacial score (nSPS) is 27.6. The fourth-order valence-electron chi connectivity index (χ4n) is 2.05. The van der Waals surface area contributed by atoms with Crippen LogP contribution in [0, 0.1) is 5.92 Å². The Morgan fingerprint density at radius 3 is 2.71 bits per heavy atom. The van der Waals surface area contributed by atoms with E-state index in [0.29, 0.717) is 12.3 Å². The van der Waals surface area contributed by atoms with E-state index in [1.165, 1.54) is 6.92 Å². The molecule has 6 heteroatoms. The molecular weight excluding hydrogens is 233 g/mol. The number of alkyl halides is 3. The van der Waals surface area contributed by atoms with Crippen molar-refractivity contribution in [3.8, 4) is 0 Å². The maximum atomic E-state index is 12.1. The average molecular weight is 252 g/mol. The third-order valence-corrected chi connectivity index (χ3v) is 2.91. The van der Waals surface area contributed by atoms with Crippen molar-refractivity contribution in [1.29, 1.82) is 0 Å². The molecule has 1 aliphatic rings. The van der Waals surface area contributed by atoms with E-state index in [1.807, 2.05) is 6.92 Å². The summed E-state index contributed by atoms with van der Waals surface area (Å²) in [4.78, 5) is 11.7. The number of hydrogen-bond donors (Lipinski definition) is 2. The van der Waals surface area contributed by atoms with Gasteiger partial charge in [-0.15, -0.1) is 0 Å². The SMILES string of the molecule is CC1CCNC(C(=O)NC(C)CC(F)(F)F)C1. The monoisotopic (exact) mass is 252 g/mol. The topological polar surface area (TPSA) is 41.1 Å². The van der Waals surface area contributed by atoms with Crippen LogP contribution in [-0.4, -0.2) is 30.7 Å². The molecule has 3 nitrogen and oxygen atoms in total. The third-order valence-electron chi connectivity index (χ3n) is 2.91. The molecule has 1 heterocycles. The van der Waals surface area contributed by atoms with Crippen molar-refractivity contribution in [1.82, 2.24) is 10.6 Å². The Morgan fingerprint density at radius 2 is 2.18 bits per heavy atom. The lowest BCUT2D eigenvalue weighted by Crippen LogP contribution is -2.51. The summed E-state index contributed by atoms with van der Waals surface area (Å²) in [6.45, 7) is 4.16. The number of halogens is 3. The van der Waals surface area contributed by atoms with Gasteiger partial charge in [-0.05, 0) is 32.2 Å². The van der Waals surface area contributed by atoms with E-state index < -0.39 is 18.6 Å². The molecule has 1 aliphatic heterocycles. The molecular formula is C11H19F3N2O. The first-order valence-electron chi connectivity index (χ1n) is 5.88. The van der Waals surface area contributed by atoms with Gasteiger partial charge in [0.2, 0.25) is 5.91 Å². The van der Waals surface area contributed by atoms with Crippen LogP contribution in [0.3, 0.4) is 0 Å². The summed E-state index contributed by atoms with van der Waals surface area (Å²) in [6, 6.07) is -1.23. The van der Waals surface area contributed by atoms with Crippen molar-refractivity contribution in [2.24, 2.45) is 5.92 Å². The minimum atomic E-state index is -4.24. The van der Waals surface area contributed by atoms with E-state index in [2.05, 4.69) is 10.6 Å². The predicted molar refractivity (Wildman–Crippen MR) is 58.5 cm³/mol. The Balaban J connectivity index is 2.38. The zero-order valence-electron chi connectivity index (χ0n) is 10.1. The first-order chi connectivity index (χ1) is 7.78. The van der Waals surface area contributed by atoms with Gasteiger partial charge in [-0.3, -0.25) is 4.79 Å². The molecule has 3 unspecified atom stereocenters. The maximum absolute atomic E-state index is 12.1. The molecule has 1 amide bonds. The average Bonchev–Trinajstić information content (AvgIpc) is 2.14. The Bertz CT molecular complexity index is 268. The van der Waals surface area contributed by atoms with Crippen LogP contribution in [0.2, 0.25) is 0 Å². The van der Waals surface area contributed by atoms with Crippen LogP contribution in [-0.2, 0) is 4.79 Å². The number of carbonyl (C=O) groups excluding carboxylic acids is 1. The number of hydrogen-bond acceptors (Lipinski definition) is 2. The maximum Gasteiger partial charge on any atom is 0.391 e. The Hall–Kier alpha value is -0.780. The summed E-state index contributed by atoms with van der Waals surface area (Å²) >= 11 is 0. The lowest BCUT2D eigenvalue weighted by molar-refractivity contribution is -0.142. The largest absolute Gasteiger partial charge is 0.391 e. The molecule has 1 saturated heterocycles. The fourth-order valence-corrected chi connectivity index (χ4v) is 2.05. The molecule has 3 atom stereocenters. The number of rotatable bonds is 3. The minimum absolute atomic E-state index is 0.326. The molecule has 0 aromatic heterocycles. The van der Waals surface area contributed by atoms with E-state index >= 15 is 0 Å². The molecule has 0 radical (unpaired) electrons. The highest BCUT2D eigenvalue weighted by molar-refractivity contribution is 5.82. The standard InChI is InChI=1S/C11H19F3N2O/c1-7-3-4-15-9(5-7)10(17)16-8(2)6-11(12,13)14/h7-9,15H,3-6H2,1-2H3,(H,16,17). The van der Waals surface area contributed by atoms with Crippen LogP contribution in [0.15, 0.2) is 0 Å². The van der Waals surface area contributed by atoms with Gasteiger partial charge in [0.05, 0.1) is 12.5 Å². The third kappa shape index (κ3) is 5.39. The zero-order valence-corrected chi connectivity index (χ0v) is 10.1. The molecule has 0 aliphatic carbocycles. The van der Waals surface area contributed by atoms with E-state index in [0.717, 1.165) is 13.0 Å². The number of nitrogens with one attached hydrogen (secondary N) is 2. The van der Waals surface area contributed by atoms with Crippen molar-refractivity contribution in [3.63, 3.8) is 0 Å². The van der Waals surface area contributed by atoms with Crippen molar-refractivity contribution in [3.05, 3.63) is 0 Å². The van der Waals surface area contributed by atoms with Gasteiger partial charge in [0, 0.05) is 6.04 Å². The van der Waals surface area contributed by atoms with E-state index in [-0.39, 0.29) is 11.9 Å². The quantitative estimate of drug-likeness (QED) is 0.804. The van der Waals surface area contributed by atoms with Crippen LogP contribution in [0.4, 0.5) is 13.2 Å². The van der Waals surface area contributed by atoms with E-state index in [9.17, 15) is 18.0 Å². The highest BCUT2D eigenvalue weighted by atomic mass is 19.4. The summed E-state index contributed by atoms with van der Waals surface area (Å²) in [5.41, 5.74) is 0. The van der Waals surface area contributed by atoms with Crippen molar-refractivity contribution in [2.75, 3.05) is 6.54 Å². The molecule has 100 valence electrons. The molecule has 1 fully saturated rings. The van der Waals surface area contributed by atoms with Crippen LogP contribution in [0.5, 0.6) is 0 Å². The second-order valence-electron chi connectivity index (χ2n) is 4.87. The van der Waals surface area contributed by atoms with Gasteiger partial charge in [0.1, 0.15) is 0 Å². The van der Waals surface area contributed by atoms with E-state index in [1.54, 1.807) is 0 Å². The van der Waals surface area contributed by atoms with Crippen LogP contribution in [0.1, 0.15) is 33.1 Å². The predicted octanol–water partition coefficient (Wildman–Crippen LogP) is 1.83. The zero-order chi connectivity index (χ0) is 13.1. The lowest BCUT2D eigenvalue weighted by atomic mass is 9.94. The van der Waals surface area contributed by atoms with Crippen LogP contribution >= 0.6 is 0 Å². The fraction of sp³-hybridized carbons (Fsp3) is 0.909. The molecule has 17 heavy (non-hydrogen) atoms. The van der Waals surface area contributed by atoms with Gasteiger partial charge >= 0.3 is 6.18 Å². The lowest BCUT2D eigenvalue weighted by Gasteiger charge is -2.28. The van der Waals surface area contributed by atoms with Crippen molar-refractivity contribution >= 4 is 5.91 Å². The van der Waals surface area contributed by atoms with Gasteiger partial charge in [0.15, 0.2) is 0 Å². The first-order valence-corrected chi connectivity index (χ1v) is 5.88. The number of amides is 1. The Morgan fingerprint density at radius 1 is 1.53 bits per heavy atom. The van der Waals surface area contributed by atoms with Gasteiger partial charge in [-0.2, -0.15) is 13.2 Å². The minimum Gasteiger partial charge on any atom is -0.352 e. The summed E-state index contributed by atoms with van der Waals surface area (Å²) in [6.07, 6.45) is -3.53. The molecule has 2 N–H and O–H groups in total. The highest BCUT2D eigenvalue weighted by Gasteiger charge is 2.32. The van der Waals surface area contributed by atoms with Crippen LogP contribution < -0.4 is 10.6 Å². The Kier molecular flexibility index (Phi) is 4.80. The molecule has 0 spiro atoms. The van der Waals surface area contributed by atoms with Crippen molar-refractivity contribution in [2.45, 2.75) is 51.4 Å². The number of piperidine rings is 1. The van der Waals surface area contributed by atoms with E-state index in [4.69, 9.17) is 0 Å². The summed E-state index contributed by atoms with van der Waals surface area (Å²) < 4.78 is 36.3. The van der Waals surface area contributed by atoms with Gasteiger partial charge < -0.3 is 10.6 Å². The van der Waals surface area contributed by atoms with Crippen molar-refractivity contribution < 1.29 is 18.0 Å². The summed E-state index contributed by atoms with van der Waals surface area (Å²) in [5, 5.41) is 5.43. The van der Waals surface area contributed by atoms with Gasteiger partial charge in [0.25, 0.3) is 0 Å². The first kappa shape index (κ1) is 14.3. The van der Waals surface area contributed by atoms with Gasteiger partial charge in [-0.25, -0.2) is 0 Å². The molecule has 0 bridgehead atoms. The van der Waals surface area contributed by atoms with Crippen LogP contribution in [0.25, 0.3) is 0 Å². The van der Waals surface area contributed by atoms with Gasteiger partial charge in [-0.1, -0.05) is 6.92 Å². The second-order valence-corrected chi connectivity index (χ2v) is 4.87. The second kappa shape index (κ2) is 5.71.